The van der Waals surface area contributed by atoms with E-state index in [1.165, 1.54) is 12.8 Å². The van der Waals surface area contributed by atoms with Crippen molar-refractivity contribution in [3.8, 4) is 0 Å². The molecule has 1 aliphatic rings. The van der Waals surface area contributed by atoms with Gasteiger partial charge in [-0.2, -0.15) is 0 Å². The highest BCUT2D eigenvalue weighted by Gasteiger charge is 2.23. The maximum absolute atomic E-state index is 12.0. The molecule has 124 valence electrons. The molecule has 5 heteroatoms. The van der Waals surface area contributed by atoms with Gasteiger partial charge in [-0.25, -0.2) is 4.79 Å². The average molecular weight is 300 g/mol. The number of nitrogens with zero attached hydrogens (tertiary/aromatic N) is 1. The summed E-state index contributed by atoms with van der Waals surface area (Å²) in [6, 6.07) is 0.501. The lowest BCUT2D eigenvalue weighted by molar-refractivity contribution is 0.0254. The van der Waals surface area contributed by atoms with E-state index in [1.54, 1.807) is 12.0 Å². The second kappa shape index (κ2) is 8.59. The topological polar surface area (TPSA) is 50.8 Å². The van der Waals surface area contributed by atoms with Crippen LogP contribution in [0.15, 0.2) is 0 Å². The molecule has 0 spiro atoms. The van der Waals surface area contributed by atoms with Crippen LogP contribution in [0.25, 0.3) is 0 Å². The van der Waals surface area contributed by atoms with Crippen LogP contribution in [0.2, 0.25) is 0 Å². The van der Waals surface area contributed by atoms with Gasteiger partial charge in [0.2, 0.25) is 0 Å². The number of ether oxygens (including phenoxy) is 2. The largest absolute Gasteiger partial charge is 0.444 e. The molecule has 0 saturated heterocycles. The molecule has 0 aliphatic heterocycles. The third kappa shape index (κ3) is 7.14. The zero-order chi connectivity index (χ0) is 15.9. The van der Waals surface area contributed by atoms with Gasteiger partial charge in [-0.15, -0.1) is 0 Å². The fraction of sp³-hybridized carbons (Fsp3) is 0.938. The van der Waals surface area contributed by atoms with Crippen LogP contribution in [0, 0.1) is 0 Å². The van der Waals surface area contributed by atoms with E-state index in [2.05, 4.69) is 5.32 Å². The van der Waals surface area contributed by atoms with Crippen molar-refractivity contribution < 1.29 is 14.3 Å². The highest BCUT2D eigenvalue weighted by Crippen LogP contribution is 2.20. The van der Waals surface area contributed by atoms with Gasteiger partial charge in [0, 0.05) is 32.8 Å². The molecule has 0 bridgehead atoms. The first-order valence-electron chi connectivity index (χ1n) is 8.09. The van der Waals surface area contributed by atoms with Gasteiger partial charge in [-0.05, 0) is 53.4 Å². The van der Waals surface area contributed by atoms with Crippen molar-refractivity contribution in [3.63, 3.8) is 0 Å². The zero-order valence-corrected chi connectivity index (χ0v) is 14.3. The second-order valence-electron chi connectivity index (χ2n) is 6.74. The van der Waals surface area contributed by atoms with Crippen molar-refractivity contribution in [2.45, 2.75) is 71.1 Å². The summed E-state index contributed by atoms with van der Waals surface area (Å²) in [4.78, 5) is 13.8. The molecule has 0 aromatic carbocycles. The molecule has 1 amide bonds. The molecule has 1 fully saturated rings. The van der Waals surface area contributed by atoms with Crippen LogP contribution in [0.5, 0.6) is 0 Å². The monoisotopic (exact) mass is 300 g/mol. The Morgan fingerprint density at radius 3 is 2.62 bits per heavy atom. The molecular formula is C16H32N2O3. The summed E-state index contributed by atoms with van der Waals surface area (Å²) in [5.41, 5.74) is -0.438. The highest BCUT2D eigenvalue weighted by atomic mass is 16.6. The fourth-order valence-electron chi connectivity index (χ4n) is 2.65. The molecule has 0 aromatic heterocycles. The van der Waals surface area contributed by atoms with E-state index >= 15 is 0 Å². The summed E-state index contributed by atoms with van der Waals surface area (Å²) < 4.78 is 10.8. The van der Waals surface area contributed by atoms with Gasteiger partial charge in [0.15, 0.2) is 0 Å². The number of amides is 1. The summed E-state index contributed by atoms with van der Waals surface area (Å²) in [7, 11) is 1.79. The number of likely N-dealkylation sites (N-methyl/N-ethyl adjacent to an activating group) is 1. The Morgan fingerprint density at radius 2 is 2.05 bits per heavy atom. The molecule has 1 rings (SSSR count). The van der Waals surface area contributed by atoms with Crippen molar-refractivity contribution in [3.05, 3.63) is 0 Å². The minimum absolute atomic E-state index is 0.231. The van der Waals surface area contributed by atoms with Crippen LogP contribution in [0.1, 0.15) is 53.4 Å². The number of carbonyl (C=O) groups is 1. The first-order chi connectivity index (χ1) is 9.85. The lowest BCUT2D eigenvalue weighted by atomic mass is 9.93. The average Bonchev–Trinajstić information content (AvgIpc) is 2.42. The van der Waals surface area contributed by atoms with E-state index in [4.69, 9.17) is 9.47 Å². The Labute approximate surface area is 129 Å². The molecule has 1 N–H and O–H groups in total. The number of hydrogen-bond acceptors (Lipinski definition) is 4. The summed E-state index contributed by atoms with van der Waals surface area (Å²) >= 11 is 0. The number of nitrogens with one attached hydrogen (secondary N) is 1. The highest BCUT2D eigenvalue weighted by molar-refractivity contribution is 5.68. The Kier molecular flexibility index (Phi) is 7.46. The van der Waals surface area contributed by atoms with Crippen molar-refractivity contribution in [1.29, 1.82) is 0 Å². The van der Waals surface area contributed by atoms with E-state index in [9.17, 15) is 4.79 Å². The van der Waals surface area contributed by atoms with Crippen LogP contribution in [0.4, 0.5) is 4.79 Å². The predicted octanol–water partition coefficient (Wildman–Crippen LogP) is 2.79. The lowest BCUT2D eigenvalue weighted by Crippen LogP contribution is -2.43. The van der Waals surface area contributed by atoms with E-state index < -0.39 is 5.60 Å². The predicted molar refractivity (Wildman–Crippen MR) is 84.5 cm³/mol. The fourth-order valence-corrected chi connectivity index (χ4v) is 2.65. The number of carbonyl (C=O) groups excluding carboxylic acids is 1. The van der Waals surface area contributed by atoms with Crippen LogP contribution >= 0.6 is 0 Å². The third-order valence-electron chi connectivity index (χ3n) is 3.81. The summed E-state index contributed by atoms with van der Waals surface area (Å²) in [6.07, 6.45) is 4.77. The molecule has 2 atom stereocenters. The quantitative estimate of drug-likeness (QED) is 0.819. The molecule has 1 aliphatic carbocycles. The Balaban J connectivity index is 2.30. The molecular weight excluding hydrogens is 268 g/mol. The van der Waals surface area contributed by atoms with Gasteiger partial charge in [0.05, 0.1) is 6.10 Å². The van der Waals surface area contributed by atoms with E-state index in [0.717, 1.165) is 19.4 Å². The van der Waals surface area contributed by atoms with Crippen molar-refractivity contribution in [2.24, 2.45) is 0 Å². The molecule has 21 heavy (non-hydrogen) atoms. The van der Waals surface area contributed by atoms with Crippen molar-refractivity contribution in [1.82, 2.24) is 10.2 Å². The van der Waals surface area contributed by atoms with Crippen LogP contribution < -0.4 is 5.32 Å². The third-order valence-corrected chi connectivity index (χ3v) is 3.81. The van der Waals surface area contributed by atoms with Gasteiger partial charge in [-0.1, -0.05) is 0 Å². The standard InChI is InChI=1S/C16H32N2O3/c1-6-18(15(19)21-16(2,3)4)11-10-17-13-8-7-9-14(12-13)20-5/h13-14,17H,6-12H2,1-5H3. The van der Waals surface area contributed by atoms with E-state index in [1.807, 2.05) is 27.7 Å². The van der Waals surface area contributed by atoms with Gasteiger partial charge in [-0.3, -0.25) is 0 Å². The molecule has 2 unspecified atom stereocenters. The van der Waals surface area contributed by atoms with Crippen LogP contribution in [0.3, 0.4) is 0 Å². The number of methoxy groups -OCH3 is 1. The number of hydrogen-bond donors (Lipinski definition) is 1. The van der Waals surface area contributed by atoms with Gasteiger partial charge < -0.3 is 19.7 Å². The minimum Gasteiger partial charge on any atom is -0.444 e. The van der Waals surface area contributed by atoms with Crippen LogP contribution in [-0.2, 0) is 9.47 Å². The SMILES string of the molecule is CCN(CCNC1CCCC(OC)C1)C(=O)OC(C)(C)C. The van der Waals surface area contributed by atoms with Gasteiger partial charge in [0.1, 0.15) is 5.60 Å². The van der Waals surface area contributed by atoms with E-state index in [-0.39, 0.29) is 6.09 Å². The van der Waals surface area contributed by atoms with E-state index in [0.29, 0.717) is 25.2 Å². The van der Waals surface area contributed by atoms with Crippen LogP contribution in [-0.4, -0.2) is 55.5 Å². The minimum atomic E-state index is -0.438. The Bertz CT molecular complexity index is 315. The molecule has 0 radical (unpaired) electrons. The van der Waals surface area contributed by atoms with Crippen molar-refractivity contribution in [2.75, 3.05) is 26.7 Å². The summed E-state index contributed by atoms with van der Waals surface area (Å²) in [5.74, 6) is 0. The smallest absolute Gasteiger partial charge is 0.410 e. The lowest BCUT2D eigenvalue weighted by Gasteiger charge is -2.30. The molecule has 0 heterocycles. The molecule has 5 nitrogen and oxygen atoms in total. The molecule has 0 aromatic rings. The number of rotatable bonds is 6. The summed E-state index contributed by atoms with van der Waals surface area (Å²) in [6.45, 7) is 9.80. The Hall–Kier alpha value is -0.810. The maximum Gasteiger partial charge on any atom is 0.410 e. The second-order valence-corrected chi connectivity index (χ2v) is 6.74. The maximum atomic E-state index is 12.0. The Morgan fingerprint density at radius 1 is 1.33 bits per heavy atom. The zero-order valence-electron chi connectivity index (χ0n) is 14.3. The van der Waals surface area contributed by atoms with Gasteiger partial charge >= 0.3 is 6.09 Å². The molecule has 1 saturated carbocycles. The van der Waals surface area contributed by atoms with Gasteiger partial charge in [0.25, 0.3) is 0 Å². The first kappa shape index (κ1) is 18.2. The normalized spacial score (nSPS) is 22.9. The summed E-state index contributed by atoms with van der Waals surface area (Å²) in [5, 5.41) is 3.54. The first-order valence-corrected chi connectivity index (χ1v) is 8.09. The van der Waals surface area contributed by atoms with Crippen molar-refractivity contribution >= 4 is 6.09 Å².